The maximum Gasteiger partial charge on any atom is 0.416 e. The average Bonchev–Trinajstić information content (AvgIpc) is 3.30. The fraction of sp³-hybridized carbons (Fsp3) is 0.500. The lowest BCUT2D eigenvalue weighted by atomic mass is 9.76. The van der Waals surface area contributed by atoms with Gasteiger partial charge in [-0.25, -0.2) is 4.39 Å². The molecule has 1 unspecified atom stereocenters. The molecule has 6 atom stereocenters. The highest BCUT2D eigenvalue weighted by Crippen LogP contribution is 2.46. The molecule has 0 amide bonds. The summed E-state index contributed by atoms with van der Waals surface area (Å²) in [5.74, 6) is -2.29. The molecule has 2 aliphatic heterocycles. The molecule has 2 fully saturated rings. The Balaban J connectivity index is 1.69. The third-order valence-corrected chi connectivity index (χ3v) is 7.52. The van der Waals surface area contributed by atoms with Gasteiger partial charge in [0.1, 0.15) is 5.82 Å². The second kappa shape index (κ2) is 11.7. The second-order valence-corrected chi connectivity index (χ2v) is 10.4. The molecule has 2 saturated heterocycles. The van der Waals surface area contributed by atoms with Gasteiger partial charge in [0.15, 0.2) is 12.6 Å². The molecule has 13 heteroatoms. The molecule has 0 saturated carbocycles. The fourth-order valence-corrected chi connectivity index (χ4v) is 5.61. The van der Waals surface area contributed by atoms with Crippen molar-refractivity contribution < 1.29 is 54.5 Å². The second-order valence-electron chi connectivity index (χ2n) is 10.4. The minimum atomic E-state index is -5.03. The lowest BCUT2D eigenvalue weighted by Crippen LogP contribution is -2.42. The first kappa shape index (κ1) is 30.9. The van der Waals surface area contributed by atoms with Crippen LogP contribution in [0.15, 0.2) is 36.4 Å². The lowest BCUT2D eigenvalue weighted by molar-refractivity contribution is -0.217. The summed E-state index contributed by atoms with van der Waals surface area (Å²) in [4.78, 5) is 24.8. The number of hydrogen-bond acceptors (Lipinski definition) is 6. The van der Waals surface area contributed by atoms with Crippen molar-refractivity contribution in [3.05, 3.63) is 70.0 Å². The Bertz CT molecular complexity index is 1250. The van der Waals surface area contributed by atoms with Crippen LogP contribution in [-0.4, -0.2) is 49.4 Å². The van der Waals surface area contributed by atoms with E-state index in [1.165, 1.54) is 25.1 Å². The molecule has 0 aliphatic carbocycles. The van der Waals surface area contributed by atoms with Crippen LogP contribution in [0.25, 0.3) is 0 Å². The lowest BCUT2D eigenvalue weighted by Gasteiger charge is -2.41. The van der Waals surface area contributed by atoms with E-state index >= 15 is 0 Å². The summed E-state index contributed by atoms with van der Waals surface area (Å²) in [6.07, 6.45) is -13.1. The van der Waals surface area contributed by atoms with Gasteiger partial charge >= 0.3 is 18.3 Å². The molecule has 2 aliphatic rings. The van der Waals surface area contributed by atoms with Crippen LogP contribution in [0.4, 0.5) is 30.7 Å². The predicted molar refractivity (Wildman–Crippen MR) is 130 cm³/mol. The molecule has 224 valence electrons. The number of likely N-dealkylation sites (tertiary alicyclic amines) is 1. The first-order valence-corrected chi connectivity index (χ1v) is 12.8. The normalized spacial score (nSPS) is 24.9. The number of aldehydes is 1. The van der Waals surface area contributed by atoms with E-state index in [0.29, 0.717) is 36.1 Å². The number of hydrogen-bond donors (Lipinski definition) is 0. The number of benzene rings is 2. The Morgan fingerprint density at radius 2 is 1.68 bits per heavy atom. The van der Waals surface area contributed by atoms with Gasteiger partial charge in [-0.1, -0.05) is 6.07 Å². The van der Waals surface area contributed by atoms with Crippen LogP contribution in [0, 0.1) is 24.6 Å². The molecule has 0 bridgehead atoms. The van der Waals surface area contributed by atoms with Crippen molar-refractivity contribution in [2.75, 3.05) is 19.7 Å². The van der Waals surface area contributed by atoms with Gasteiger partial charge in [-0.05, 0) is 66.8 Å². The molecule has 0 spiro atoms. The minimum Gasteiger partial charge on any atom is -0.439 e. The quantitative estimate of drug-likeness (QED) is 0.223. The Morgan fingerprint density at radius 3 is 2.22 bits per heavy atom. The van der Waals surface area contributed by atoms with Crippen molar-refractivity contribution >= 4 is 12.3 Å². The summed E-state index contributed by atoms with van der Waals surface area (Å²) in [7, 11) is 0. The highest BCUT2D eigenvalue weighted by atomic mass is 19.4. The van der Waals surface area contributed by atoms with Crippen LogP contribution in [0.5, 0.6) is 0 Å². The summed E-state index contributed by atoms with van der Waals surface area (Å²) in [6.45, 7) is 4.79. The summed E-state index contributed by atoms with van der Waals surface area (Å²) in [6, 6.07) is 5.31. The van der Waals surface area contributed by atoms with Crippen LogP contribution >= 0.6 is 0 Å². The van der Waals surface area contributed by atoms with Crippen molar-refractivity contribution in [3.8, 4) is 0 Å². The highest BCUT2D eigenvalue weighted by Gasteiger charge is 2.49. The number of nitrogens with zero attached hydrogens (tertiary/aromatic N) is 1. The van der Waals surface area contributed by atoms with Gasteiger partial charge in [0.25, 0.3) is 0 Å². The van der Waals surface area contributed by atoms with Gasteiger partial charge in [-0.3, -0.25) is 14.5 Å². The maximum absolute atomic E-state index is 14.0. The molecular weight excluding hydrogens is 563 g/mol. The number of ether oxygens (including phenoxy) is 3. The zero-order chi connectivity index (χ0) is 30.3. The third-order valence-electron chi connectivity index (χ3n) is 7.52. The van der Waals surface area contributed by atoms with Gasteiger partial charge in [-0.15, -0.1) is 0 Å². The van der Waals surface area contributed by atoms with Crippen molar-refractivity contribution in [3.63, 3.8) is 0 Å². The first-order valence-electron chi connectivity index (χ1n) is 12.8. The number of esters is 1. The zero-order valence-corrected chi connectivity index (χ0v) is 22.3. The Kier molecular flexibility index (Phi) is 8.81. The van der Waals surface area contributed by atoms with Gasteiger partial charge in [0, 0.05) is 31.8 Å². The van der Waals surface area contributed by atoms with Gasteiger partial charge in [0.05, 0.1) is 23.8 Å². The van der Waals surface area contributed by atoms with E-state index in [-0.39, 0.29) is 36.6 Å². The minimum absolute atomic E-state index is 0.0439. The molecule has 41 heavy (non-hydrogen) atoms. The zero-order valence-electron chi connectivity index (χ0n) is 22.3. The van der Waals surface area contributed by atoms with E-state index in [1.807, 2.05) is 0 Å². The monoisotopic (exact) mass is 591 g/mol. The SMILES string of the molecule is CC(=O)OC(C=O)N1C[C@H]2CO[C@H](O[C@H](C)c3cc(C(F)(F)F)cc(C(F)(F)F)c3)[C@@H](c3ccc(F)cc3C)[C@@H]2C1. The molecule has 2 aromatic rings. The number of carbonyl (C=O) groups excluding carboxylic acids is 2. The third kappa shape index (κ3) is 6.90. The van der Waals surface area contributed by atoms with Gasteiger partial charge < -0.3 is 14.2 Å². The standard InChI is InChI=1S/C28H28F7NO5/c1-14-6-21(29)4-5-22(14)25-23-11-36(24(12-37)41-16(3)38)10-18(23)13-39-26(25)40-15(2)17-7-19(27(30,31)32)9-20(8-17)28(33,34)35/h4-9,12,15,18,23-26H,10-11,13H2,1-3H3/t15-,18+,23-,24?,25+,26-/m1/s1. The van der Waals surface area contributed by atoms with Crippen LogP contribution in [0.2, 0.25) is 0 Å². The number of aryl methyl sites for hydroxylation is 1. The van der Waals surface area contributed by atoms with E-state index in [4.69, 9.17) is 14.2 Å². The van der Waals surface area contributed by atoms with E-state index in [2.05, 4.69) is 0 Å². The topological polar surface area (TPSA) is 65.1 Å². The van der Waals surface area contributed by atoms with Gasteiger partial charge in [-0.2, -0.15) is 26.3 Å². The molecular formula is C28H28F7NO5. The summed E-state index contributed by atoms with van der Waals surface area (Å²) in [5, 5.41) is 0. The van der Waals surface area contributed by atoms with Crippen molar-refractivity contribution in [2.45, 2.75) is 57.7 Å². The van der Waals surface area contributed by atoms with E-state index in [9.17, 15) is 40.3 Å². The van der Waals surface area contributed by atoms with Gasteiger partial charge in [0.2, 0.25) is 6.23 Å². The largest absolute Gasteiger partial charge is 0.439 e. The van der Waals surface area contributed by atoms with Crippen LogP contribution in [0.1, 0.15) is 53.7 Å². The Hall–Kier alpha value is -3.03. The number of alkyl halides is 6. The number of fused-ring (bicyclic) bond motifs is 1. The van der Waals surface area contributed by atoms with E-state index in [0.717, 1.165) is 6.92 Å². The van der Waals surface area contributed by atoms with Crippen LogP contribution in [-0.2, 0) is 36.2 Å². The molecule has 6 nitrogen and oxygen atoms in total. The Labute approximate surface area is 231 Å². The summed E-state index contributed by atoms with van der Waals surface area (Å²) >= 11 is 0. The van der Waals surface area contributed by atoms with Crippen molar-refractivity contribution in [1.29, 1.82) is 0 Å². The first-order chi connectivity index (χ1) is 19.1. The fourth-order valence-electron chi connectivity index (χ4n) is 5.61. The number of carbonyl (C=O) groups is 2. The molecule has 2 heterocycles. The number of halogens is 7. The highest BCUT2D eigenvalue weighted by molar-refractivity contribution is 5.69. The molecule has 0 aromatic heterocycles. The summed E-state index contributed by atoms with van der Waals surface area (Å²) in [5.41, 5.74) is -2.15. The van der Waals surface area contributed by atoms with E-state index < -0.39 is 59.8 Å². The maximum atomic E-state index is 14.0. The van der Waals surface area contributed by atoms with Crippen molar-refractivity contribution in [1.82, 2.24) is 4.90 Å². The Morgan fingerprint density at radius 1 is 1.05 bits per heavy atom. The summed E-state index contributed by atoms with van der Waals surface area (Å²) < 4.78 is 112. The molecule has 2 aromatic carbocycles. The van der Waals surface area contributed by atoms with Crippen molar-refractivity contribution in [2.24, 2.45) is 11.8 Å². The smallest absolute Gasteiger partial charge is 0.416 e. The number of rotatable bonds is 7. The van der Waals surface area contributed by atoms with E-state index in [1.54, 1.807) is 11.8 Å². The predicted octanol–water partition coefficient (Wildman–Crippen LogP) is 6.03. The van der Waals surface area contributed by atoms with Crippen LogP contribution in [0.3, 0.4) is 0 Å². The average molecular weight is 592 g/mol. The molecule has 0 radical (unpaired) electrons. The molecule has 0 N–H and O–H groups in total. The molecule has 4 rings (SSSR count). The van der Waals surface area contributed by atoms with Crippen LogP contribution < -0.4 is 0 Å².